The third kappa shape index (κ3) is 7.54. The summed E-state index contributed by atoms with van der Waals surface area (Å²) in [4.78, 5) is 29.1. The van der Waals surface area contributed by atoms with Crippen molar-refractivity contribution in [3.8, 4) is 0 Å². The highest BCUT2D eigenvalue weighted by Gasteiger charge is 2.31. The number of benzene rings is 3. The Kier molecular flexibility index (Phi) is 9.25. The lowest BCUT2D eigenvalue weighted by molar-refractivity contribution is -0.141. The third-order valence-corrected chi connectivity index (χ3v) is 6.67. The van der Waals surface area contributed by atoms with Crippen LogP contribution in [0.1, 0.15) is 53.6 Å². The van der Waals surface area contributed by atoms with E-state index in [4.69, 9.17) is 0 Å². The molecule has 0 fully saturated rings. The molecule has 35 heavy (non-hydrogen) atoms. The molecule has 0 heterocycles. The van der Waals surface area contributed by atoms with Gasteiger partial charge >= 0.3 is 0 Å². The Bertz CT molecular complexity index is 1120. The van der Waals surface area contributed by atoms with Gasteiger partial charge in [-0.1, -0.05) is 85.3 Å². The lowest BCUT2D eigenvalue weighted by Crippen LogP contribution is -2.52. The first-order chi connectivity index (χ1) is 16.8. The van der Waals surface area contributed by atoms with Crippen molar-refractivity contribution < 1.29 is 9.59 Å². The van der Waals surface area contributed by atoms with Crippen LogP contribution >= 0.6 is 0 Å². The quantitative estimate of drug-likeness (QED) is 0.413. The van der Waals surface area contributed by atoms with Crippen LogP contribution in [-0.4, -0.2) is 28.8 Å². The van der Waals surface area contributed by atoms with Crippen molar-refractivity contribution in [2.75, 3.05) is 0 Å². The number of aryl methyl sites for hydroxylation is 3. The maximum absolute atomic E-state index is 13.8. The van der Waals surface area contributed by atoms with Crippen LogP contribution in [0.15, 0.2) is 72.8 Å². The number of hydrogen-bond donors (Lipinski definition) is 1. The second-order valence-corrected chi connectivity index (χ2v) is 9.63. The van der Waals surface area contributed by atoms with Gasteiger partial charge in [0.15, 0.2) is 0 Å². The van der Waals surface area contributed by atoms with Gasteiger partial charge in [-0.3, -0.25) is 9.59 Å². The minimum absolute atomic E-state index is 0.0387. The SMILES string of the molecule is CC[C@@H](C)NC(=O)[C@@H](Cc1ccccc1)N(Cc1ccc(C)cc1)C(=O)Cc1ccc(C)c(C)c1. The smallest absolute Gasteiger partial charge is 0.243 e. The highest BCUT2D eigenvalue weighted by Crippen LogP contribution is 2.18. The van der Waals surface area contributed by atoms with Gasteiger partial charge in [-0.05, 0) is 61.9 Å². The molecule has 0 saturated heterocycles. The largest absolute Gasteiger partial charge is 0.352 e. The predicted molar refractivity (Wildman–Crippen MR) is 143 cm³/mol. The molecular formula is C31H38N2O2. The van der Waals surface area contributed by atoms with Gasteiger partial charge in [0.2, 0.25) is 11.8 Å². The average molecular weight is 471 g/mol. The van der Waals surface area contributed by atoms with E-state index in [9.17, 15) is 9.59 Å². The number of nitrogens with one attached hydrogen (secondary N) is 1. The molecule has 4 heteroatoms. The topological polar surface area (TPSA) is 49.4 Å². The summed E-state index contributed by atoms with van der Waals surface area (Å²) >= 11 is 0. The molecule has 3 aromatic carbocycles. The van der Waals surface area contributed by atoms with E-state index in [1.165, 1.54) is 5.56 Å². The molecule has 0 bridgehead atoms. The van der Waals surface area contributed by atoms with Gasteiger partial charge in [0.05, 0.1) is 6.42 Å². The maximum Gasteiger partial charge on any atom is 0.243 e. The molecule has 0 aliphatic heterocycles. The van der Waals surface area contributed by atoms with E-state index in [0.717, 1.165) is 34.2 Å². The van der Waals surface area contributed by atoms with Gasteiger partial charge in [-0.2, -0.15) is 0 Å². The average Bonchev–Trinajstić information content (AvgIpc) is 2.85. The van der Waals surface area contributed by atoms with E-state index in [2.05, 4.69) is 31.3 Å². The minimum Gasteiger partial charge on any atom is -0.352 e. The number of hydrogen-bond acceptors (Lipinski definition) is 2. The Hall–Kier alpha value is -3.40. The van der Waals surface area contributed by atoms with Crippen molar-refractivity contribution in [1.82, 2.24) is 10.2 Å². The van der Waals surface area contributed by atoms with E-state index < -0.39 is 6.04 Å². The lowest BCUT2D eigenvalue weighted by Gasteiger charge is -2.32. The van der Waals surface area contributed by atoms with Gasteiger partial charge in [0, 0.05) is 19.0 Å². The molecule has 0 aromatic heterocycles. The number of rotatable bonds is 10. The summed E-state index contributed by atoms with van der Waals surface area (Å²) < 4.78 is 0. The van der Waals surface area contributed by atoms with Crippen molar-refractivity contribution in [2.45, 2.75) is 72.5 Å². The summed E-state index contributed by atoms with van der Waals surface area (Å²) in [5, 5.41) is 3.13. The van der Waals surface area contributed by atoms with E-state index in [1.54, 1.807) is 4.90 Å². The van der Waals surface area contributed by atoms with Crippen molar-refractivity contribution in [1.29, 1.82) is 0 Å². The fraction of sp³-hybridized carbons (Fsp3) is 0.355. The molecular weight excluding hydrogens is 432 g/mol. The van der Waals surface area contributed by atoms with Crippen LogP contribution in [0.2, 0.25) is 0 Å². The molecule has 4 nitrogen and oxygen atoms in total. The molecule has 184 valence electrons. The number of nitrogens with zero attached hydrogens (tertiary/aromatic N) is 1. The second-order valence-electron chi connectivity index (χ2n) is 9.63. The fourth-order valence-electron chi connectivity index (χ4n) is 4.07. The van der Waals surface area contributed by atoms with Gasteiger partial charge < -0.3 is 10.2 Å². The molecule has 0 aliphatic carbocycles. The second kappa shape index (κ2) is 12.3. The zero-order chi connectivity index (χ0) is 25.4. The molecule has 0 aliphatic rings. The molecule has 0 saturated carbocycles. The van der Waals surface area contributed by atoms with Crippen LogP contribution in [0, 0.1) is 20.8 Å². The lowest BCUT2D eigenvalue weighted by atomic mass is 10.00. The zero-order valence-corrected chi connectivity index (χ0v) is 21.7. The summed E-state index contributed by atoms with van der Waals surface area (Å²) in [7, 11) is 0. The number of carbonyl (C=O) groups is 2. The van der Waals surface area contributed by atoms with Crippen LogP contribution < -0.4 is 5.32 Å². The maximum atomic E-state index is 13.8. The van der Waals surface area contributed by atoms with Gasteiger partial charge in [0.1, 0.15) is 6.04 Å². The molecule has 0 radical (unpaired) electrons. The Morgan fingerprint density at radius 2 is 1.49 bits per heavy atom. The molecule has 0 unspecified atom stereocenters. The summed E-state index contributed by atoms with van der Waals surface area (Å²) in [5.41, 5.74) is 6.54. The summed E-state index contributed by atoms with van der Waals surface area (Å²) in [6.45, 7) is 10.6. The van der Waals surface area contributed by atoms with Gasteiger partial charge in [0.25, 0.3) is 0 Å². The highest BCUT2D eigenvalue weighted by molar-refractivity contribution is 5.89. The monoisotopic (exact) mass is 470 g/mol. The summed E-state index contributed by atoms with van der Waals surface area (Å²) in [6.07, 6.45) is 1.56. The van der Waals surface area contributed by atoms with Crippen LogP contribution in [0.25, 0.3) is 0 Å². The molecule has 3 rings (SSSR count). The molecule has 1 N–H and O–H groups in total. The van der Waals surface area contributed by atoms with Crippen molar-refractivity contribution >= 4 is 11.8 Å². The highest BCUT2D eigenvalue weighted by atomic mass is 16.2. The molecule has 2 amide bonds. The first kappa shape index (κ1) is 26.2. The van der Waals surface area contributed by atoms with E-state index >= 15 is 0 Å². The van der Waals surface area contributed by atoms with E-state index in [1.807, 2.05) is 81.4 Å². The minimum atomic E-state index is -0.605. The van der Waals surface area contributed by atoms with Crippen LogP contribution in [0.4, 0.5) is 0 Å². The summed E-state index contributed by atoms with van der Waals surface area (Å²) in [6, 6.07) is 23.7. The molecule has 2 atom stereocenters. The Morgan fingerprint density at radius 1 is 0.829 bits per heavy atom. The van der Waals surface area contributed by atoms with Crippen molar-refractivity contribution in [2.24, 2.45) is 0 Å². The summed E-state index contributed by atoms with van der Waals surface area (Å²) in [5.74, 6) is -0.155. The Morgan fingerprint density at radius 3 is 2.11 bits per heavy atom. The standard InChI is InChI=1S/C31H38N2O2/c1-6-25(5)32-31(35)29(19-26-10-8-7-9-11-26)33(21-27-15-12-22(2)13-16-27)30(34)20-28-17-14-23(3)24(4)18-28/h7-18,25,29H,6,19-21H2,1-5H3,(H,32,35)/t25-,29-/m1/s1. The number of amides is 2. The Labute approximate surface area is 210 Å². The van der Waals surface area contributed by atoms with Crippen molar-refractivity contribution in [3.05, 3.63) is 106 Å². The first-order valence-corrected chi connectivity index (χ1v) is 12.5. The zero-order valence-electron chi connectivity index (χ0n) is 21.7. The van der Waals surface area contributed by atoms with Gasteiger partial charge in [-0.15, -0.1) is 0 Å². The normalized spacial score (nSPS) is 12.6. The van der Waals surface area contributed by atoms with Crippen LogP contribution in [0.5, 0.6) is 0 Å². The van der Waals surface area contributed by atoms with Crippen LogP contribution in [-0.2, 0) is 29.0 Å². The number of carbonyl (C=O) groups excluding carboxylic acids is 2. The third-order valence-electron chi connectivity index (χ3n) is 6.67. The predicted octanol–water partition coefficient (Wildman–Crippen LogP) is 5.71. The van der Waals surface area contributed by atoms with Crippen molar-refractivity contribution in [3.63, 3.8) is 0 Å². The molecule has 0 spiro atoms. The Balaban J connectivity index is 1.97. The first-order valence-electron chi connectivity index (χ1n) is 12.5. The van der Waals surface area contributed by atoms with Gasteiger partial charge in [-0.25, -0.2) is 0 Å². The molecule has 3 aromatic rings. The fourth-order valence-corrected chi connectivity index (χ4v) is 4.07. The van der Waals surface area contributed by atoms with Crippen LogP contribution in [0.3, 0.4) is 0 Å². The van der Waals surface area contributed by atoms with E-state index in [-0.39, 0.29) is 24.3 Å². The van der Waals surface area contributed by atoms with E-state index in [0.29, 0.717) is 13.0 Å².